The summed E-state index contributed by atoms with van der Waals surface area (Å²) >= 11 is 3.22. The van der Waals surface area contributed by atoms with Crippen molar-refractivity contribution in [3.05, 3.63) is 64.1 Å². The normalized spacial score (nSPS) is 10.0. The minimum Gasteiger partial charge on any atom is -0.483 e. The van der Waals surface area contributed by atoms with Gasteiger partial charge in [0.25, 0.3) is 5.91 Å². The summed E-state index contributed by atoms with van der Waals surface area (Å²) in [5.41, 5.74) is 1.15. The molecule has 0 unspecified atom stereocenters. The maximum Gasteiger partial charge on any atom is 0.335 e. The van der Waals surface area contributed by atoms with E-state index in [1.165, 1.54) is 18.2 Å². The number of carbonyl (C=O) groups excluding carboxylic acids is 1. The molecule has 2 rings (SSSR count). The summed E-state index contributed by atoms with van der Waals surface area (Å²) in [6, 6.07) is 13.9. The molecule has 114 valence electrons. The van der Waals surface area contributed by atoms with Gasteiger partial charge in [0.05, 0.1) is 10.0 Å². The van der Waals surface area contributed by atoms with Gasteiger partial charge in [-0.15, -0.1) is 0 Å². The molecule has 2 N–H and O–H groups in total. The molecule has 22 heavy (non-hydrogen) atoms. The van der Waals surface area contributed by atoms with Gasteiger partial charge in [0.15, 0.2) is 6.61 Å². The van der Waals surface area contributed by atoms with E-state index in [0.29, 0.717) is 16.8 Å². The number of aromatic carboxylic acids is 1. The smallest absolute Gasteiger partial charge is 0.335 e. The van der Waals surface area contributed by atoms with Crippen LogP contribution < -0.4 is 10.1 Å². The van der Waals surface area contributed by atoms with Gasteiger partial charge in [-0.05, 0) is 39.7 Å². The number of halogens is 1. The minimum absolute atomic E-state index is 0.141. The zero-order chi connectivity index (χ0) is 15.9. The first-order chi connectivity index (χ1) is 10.6. The molecule has 0 heterocycles. The summed E-state index contributed by atoms with van der Waals surface area (Å²) < 4.78 is 5.86. The van der Waals surface area contributed by atoms with Crippen molar-refractivity contribution in [1.29, 1.82) is 0 Å². The van der Waals surface area contributed by atoms with Gasteiger partial charge in [-0.25, -0.2) is 4.79 Å². The number of ether oxygens (including phenoxy) is 1. The second kappa shape index (κ2) is 7.61. The van der Waals surface area contributed by atoms with E-state index in [1.807, 2.05) is 30.3 Å². The number of amides is 1. The van der Waals surface area contributed by atoms with Gasteiger partial charge >= 0.3 is 5.97 Å². The first-order valence-corrected chi connectivity index (χ1v) is 7.32. The van der Waals surface area contributed by atoms with Crippen LogP contribution in [-0.4, -0.2) is 23.6 Å². The average Bonchev–Trinajstić information content (AvgIpc) is 2.52. The molecule has 0 aliphatic rings. The van der Waals surface area contributed by atoms with E-state index in [-0.39, 0.29) is 18.1 Å². The molecular weight excluding hydrogens is 350 g/mol. The van der Waals surface area contributed by atoms with Crippen LogP contribution in [0, 0.1) is 0 Å². The minimum atomic E-state index is -1.02. The third-order valence-corrected chi connectivity index (χ3v) is 3.49. The van der Waals surface area contributed by atoms with E-state index < -0.39 is 5.97 Å². The van der Waals surface area contributed by atoms with Crippen LogP contribution in [0.3, 0.4) is 0 Å². The van der Waals surface area contributed by atoms with Crippen molar-refractivity contribution < 1.29 is 19.4 Å². The van der Waals surface area contributed by atoms with Crippen LogP contribution in [0.1, 0.15) is 15.9 Å². The summed E-state index contributed by atoms with van der Waals surface area (Å²) in [5, 5.41) is 11.6. The van der Waals surface area contributed by atoms with Crippen molar-refractivity contribution in [3.8, 4) is 5.75 Å². The van der Waals surface area contributed by atoms with Crippen LogP contribution in [0.25, 0.3) is 0 Å². The summed E-state index contributed by atoms with van der Waals surface area (Å²) in [7, 11) is 0. The Morgan fingerprint density at radius 3 is 2.50 bits per heavy atom. The lowest BCUT2D eigenvalue weighted by Gasteiger charge is -2.09. The van der Waals surface area contributed by atoms with Crippen LogP contribution in [-0.2, 0) is 11.3 Å². The number of carboxylic acid groups (broad SMARTS) is 1. The molecule has 0 fully saturated rings. The van der Waals surface area contributed by atoms with E-state index in [2.05, 4.69) is 21.2 Å². The molecule has 0 aliphatic heterocycles. The molecule has 0 radical (unpaired) electrons. The Hall–Kier alpha value is -2.34. The van der Waals surface area contributed by atoms with Gasteiger partial charge < -0.3 is 15.2 Å². The van der Waals surface area contributed by atoms with Crippen molar-refractivity contribution in [2.45, 2.75) is 6.54 Å². The number of carbonyl (C=O) groups is 2. The molecule has 0 bridgehead atoms. The number of hydrogen-bond donors (Lipinski definition) is 2. The van der Waals surface area contributed by atoms with Crippen molar-refractivity contribution in [2.75, 3.05) is 6.61 Å². The Kier molecular flexibility index (Phi) is 5.55. The molecule has 2 aromatic rings. The number of nitrogens with one attached hydrogen (secondary N) is 1. The molecule has 0 spiro atoms. The van der Waals surface area contributed by atoms with Gasteiger partial charge in [-0.2, -0.15) is 0 Å². The highest BCUT2D eigenvalue weighted by Crippen LogP contribution is 2.25. The summed E-state index contributed by atoms with van der Waals surface area (Å²) in [4.78, 5) is 22.6. The lowest BCUT2D eigenvalue weighted by Crippen LogP contribution is -2.28. The lowest BCUT2D eigenvalue weighted by atomic mass is 10.2. The molecule has 0 saturated heterocycles. The number of carboxylic acids is 1. The van der Waals surface area contributed by atoms with Crippen molar-refractivity contribution in [2.24, 2.45) is 0 Å². The fraction of sp³-hybridized carbons (Fsp3) is 0.125. The Bertz CT molecular complexity index is 673. The predicted octanol–water partition coefficient (Wildman–Crippen LogP) is 2.84. The van der Waals surface area contributed by atoms with Crippen LogP contribution in [0.2, 0.25) is 0 Å². The van der Waals surface area contributed by atoms with Gasteiger partial charge in [-0.1, -0.05) is 30.3 Å². The predicted molar refractivity (Wildman–Crippen MR) is 84.9 cm³/mol. The van der Waals surface area contributed by atoms with E-state index >= 15 is 0 Å². The third kappa shape index (κ3) is 4.60. The molecular formula is C16H14BrNO4. The second-order valence-electron chi connectivity index (χ2n) is 4.50. The van der Waals surface area contributed by atoms with E-state index in [0.717, 1.165) is 5.56 Å². The van der Waals surface area contributed by atoms with Crippen molar-refractivity contribution in [3.63, 3.8) is 0 Å². The van der Waals surface area contributed by atoms with Gasteiger partial charge in [0.2, 0.25) is 0 Å². The maximum atomic E-state index is 11.7. The van der Waals surface area contributed by atoms with Crippen LogP contribution in [0.4, 0.5) is 0 Å². The van der Waals surface area contributed by atoms with E-state index in [1.54, 1.807) is 0 Å². The Morgan fingerprint density at radius 1 is 1.14 bits per heavy atom. The lowest BCUT2D eigenvalue weighted by molar-refractivity contribution is -0.123. The molecule has 6 heteroatoms. The number of rotatable bonds is 6. The summed E-state index contributed by atoms with van der Waals surface area (Å²) in [5.74, 6) is -0.856. The zero-order valence-corrected chi connectivity index (χ0v) is 13.2. The SMILES string of the molecule is O=C(COc1ccc(C(=O)O)cc1Br)NCc1ccccc1. The largest absolute Gasteiger partial charge is 0.483 e. The summed E-state index contributed by atoms with van der Waals surface area (Å²) in [6.07, 6.45) is 0. The first kappa shape index (κ1) is 16.0. The topological polar surface area (TPSA) is 75.6 Å². The monoisotopic (exact) mass is 363 g/mol. The molecule has 5 nitrogen and oxygen atoms in total. The highest BCUT2D eigenvalue weighted by molar-refractivity contribution is 9.10. The molecule has 0 aliphatic carbocycles. The standard InChI is InChI=1S/C16H14BrNO4/c17-13-8-12(16(20)21)6-7-14(13)22-10-15(19)18-9-11-4-2-1-3-5-11/h1-8H,9-10H2,(H,18,19)(H,20,21). The number of hydrogen-bond acceptors (Lipinski definition) is 3. The van der Waals surface area contributed by atoms with E-state index in [4.69, 9.17) is 9.84 Å². The van der Waals surface area contributed by atoms with Crippen molar-refractivity contribution >= 4 is 27.8 Å². The van der Waals surface area contributed by atoms with Crippen LogP contribution >= 0.6 is 15.9 Å². The van der Waals surface area contributed by atoms with Gasteiger partial charge in [-0.3, -0.25) is 4.79 Å². The van der Waals surface area contributed by atoms with Gasteiger partial charge in [0, 0.05) is 6.54 Å². The third-order valence-electron chi connectivity index (χ3n) is 2.87. The Morgan fingerprint density at radius 2 is 1.86 bits per heavy atom. The Balaban J connectivity index is 1.85. The average molecular weight is 364 g/mol. The fourth-order valence-corrected chi connectivity index (χ4v) is 2.24. The number of benzene rings is 2. The fourth-order valence-electron chi connectivity index (χ4n) is 1.74. The van der Waals surface area contributed by atoms with Crippen LogP contribution in [0.15, 0.2) is 53.0 Å². The van der Waals surface area contributed by atoms with E-state index in [9.17, 15) is 9.59 Å². The maximum absolute atomic E-state index is 11.7. The molecule has 2 aromatic carbocycles. The quantitative estimate of drug-likeness (QED) is 0.827. The second-order valence-corrected chi connectivity index (χ2v) is 5.36. The molecule has 0 aromatic heterocycles. The highest BCUT2D eigenvalue weighted by Gasteiger charge is 2.09. The molecule has 1 amide bonds. The zero-order valence-electron chi connectivity index (χ0n) is 11.6. The first-order valence-electron chi connectivity index (χ1n) is 6.52. The summed E-state index contributed by atoms with van der Waals surface area (Å²) in [6.45, 7) is 0.292. The Labute approximate surface area is 136 Å². The molecule has 0 atom stereocenters. The highest BCUT2D eigenvalue weighted by atomic mass is 79.9. The van der Waals surface area contributed by atoms with Crippen LogP contribution in [0.5, 0.6) is 5.75 Å². The van der Waals surface area contributed by atoms with Crippen molar-refractivity contribution in [1.82, 2.24) is 5.32 Å². The molecule has 0 saturated carbocycles. The van der Waals surface area contributed by atoms with Gasteiger partial charge in [0.1, 0.15) is 5.75 Å².